The summed E-state index contributed by atoms with van der Waals surface area (Å²) in [5.74, 6) is -0.240. The second kappa shape index (κ2) is 6.20. The zero-order chi connectivity index (χ0) is 13.9. The minimum atomic E-state index is -0.870. The van der Waals surface area contributed by atoms with E-state index in [1.807, 2.05) is 0 Å². The molecule has 0 aromatic carbocycles. The Morgan fingerprint density at radius 2 is 2.21 bits per heavy atom. The minimum absolute atomic E-state index is 0.0400. The molecule has 2 aliphatic rings. The van der Waals surface area contributed by atoms with Gasteiger partial charge < -0.3 is 20.3 Å². The molecule has 5 heteroatoms. The largest absolute Gasteiger partial charge is 0.479 e. The number of carbonyl (C=O) groups is 1. The van der Waals surface area contributed by atoms with Crippen LogP contribution in [-0.4, -0.2) is 47.1 Å². The summed E-state index contributed by atoms with van der Waals surface area (Å²) < 4.78 is 5.49. The normalized spacial score (nSPS) is 39.4. The van der Waals surface area contributed by atoms with Crippen LogP contribution in [0.25, 0.3) is 0 Å². The van der Waals surface area contributed by atoms with E-state index < -0.39 is 12.1 Å². The topological polar surface area (TPSA) is 78.8 Å². The first-order valence-electron chi connectivity index (χ1n) is 7.29. The number of hydrogen-bond donors (Lipinski definition) is 3. The molecule has 0 amide bonds. The van der Waals surface area contributed by atoms with Crippen LogP contribution in [0.2, 0.25) is 0 Å². The van der Waals surface area contributed by atoms with Crippen LogP contribution in [0.3, 0.4) is 0 Å². The molecule has 0 aromatic heterocycles. The van der Waals surface area contributed by atoms with Crippen LogP contribution in [0, 0.1) is 5.92 Å². The highest BCUT2D eigenvalue weighted by atomic mass is 16.5. The summed E-state index contributed by atoms with van der Waals surface area (Å²) in [6, 6.07) is 0. The maximum Gasteiger partial charge on any atom is 0.332 e. The first-order valence-corrected chi connectivity index (χ1v) is 7.29. The Morgan fingerprint density at radius 3 is 2.79 bits per heavy atom. The third kappa shape index (κ3) is 3.68. The molecule has 1 aliphatic carbocycles. The van der Waals surface area contributed by atoms with Gasteiger partial charge in [-0.2, -0.15) is 0 Å². The van der Waals surface area contributed by atoms with Crippen molar-refractivity contribution in [3.63, 3.8) is 0 Å². The average molecular weight is 271 g/mol. The highest BCUT2D eigenvalue weighted by Gasteiger charge is 2.36. The average Bonchev–Trinajstić information content (AvgIpc) is 2.85. The molecule has 110 valence electrons. The second-order valence-corrected chi connectivity index (χ2v) is 6.18. The molecule has 0 aromatic rings. The number of aliphatic carboxylic acids is 1. The smallest absolute Gasteiger partial charge is 0.332 e. The molecule has 0 radical (unpaired) electrons. The van der Waals surface area contributed by atoms with Crippen molar-refractivity contribution in [2.24, 2.45) is 5.92 Å². The SMILES string of the molecule is CC1CCCC(CO)(NCC2CCC(C(=O)O)O2)C1. The van der Waals surface area contributed by atoms with Crippen LogP contribution in [-0.2, 0) is 9.53 Å². The molecule has 0 bridgehead atoms. The molecule has 1 saturated carbocycles. The molecule has 1 aliphatic heterocycles. The first-order chi connectivity index (χ1) is 9.04. The molecule has 4 atom stereocenters. The van der Waals surface area contributed by atoms with Gasteiger partial charge >= 0.3 is 5.97 Å². The third-order valence-electron chi connectivity index (χ3n) is 4.48. The van der Waals surface area contributed by atoms with Gasteiger partial charge in [0.2, 0.25) is 0 Å². The van der Waals surface area contributed by atoms with E-state index in [9.17, 15) is 9.90 Å². The lowest BCUT2D eigenvalue weighted by molar-refractivity contribution is -0.149. The van der Waals surface area contributed by atoms with Gasteiger partial charge in [-0.05, 0) is 31.6 Å². The number of ether oxygens (including phenoxy) is 1. The molecule has 5 nitrogen and oxygen atoms in total. The lowest BCUT2D eigenvalue weighted by Gasteiger charge is -2.40. The lowest BCUT2D eigenvalue weighted by atomic mass is 9.77. The zero-order valence-electron chi connectivity index (χ0n) is 11.6. The van der Waals surface area contributed by atoms with E-state index in [0.29, 0.717) is 18.9 Å². The molecule has 19 heavy (non-hydrogen) atoms. The summed E-state index contributed by atoms with van der Waals surface area (Å²) in [5.41, 5.74) is -0.192. The monoisotopic (exact) mass is 271 g/mol. The predicted octanol–water partition coefficient (Wildman–Crippen LogP) is 1.15. The second-order valence-electron chi connectivity index (χ2n) is 6.18. The maximum atomic E-state index is 10.8. The highest BCUT2D eigenvalue weighted by Crippen LogP contribution is 2.32. The van der Waals surface area contributed by atoms with Gasteiger partial charge in [0.1, 0.15) is 0 Å². The van der Waals surface area contributed by atoms with Crippen LogP contribution >= 0.6 is 0 Å². The fraction of sp³-hybridized carbons (Fsp3) is 0.929. The number of hydrogen-bond acceptors (Lipinski definition) is 4. The van der Waals surface area contributed by atoms with E-state index >= 15 is 0 Å². The van der Waals surface area contributed by atoms with Crippen molar-refractivity contribution in [3.8, 4) is 0 Å². The van der Waals surface area contributed by atoms with Gasteiger partial charge in [-0.25, -0.2) is 4.79 Å². The van der Waals surface area contributed by atoms with Gasteiger partial charge in [0.15, 0.2) is 6.10 Å². The number of carboxylic acids is 1. The maximum absolute atomic E-state index is 10.8. The molecule has 1 heterocycles. The van der Waals surface area contributed by atoms with Crippen molar-refractivity contribution in [1.29, 1.82) is 0 Å². The number of aliphatic hydroxyl groups is 1. The van der Waals surface area contributed by atoms with Crippen LogP contribution in [0.4, 0.5) is 0 Å². The van der Waals surface area contributed by atoms with Gasteiger partial charge in [-0.3, -0.25) is 0 Å². The van der Waals surface area contributed by atoms with Crippen molar-refractivity contribution < 1.29 is 19.7 Å². The Kier molecular flexibility index (Phi) is 4.81. The summed E-state index contributed by atoms with van der Waals surface area (Å²) in [6.45, 7) is 3.00. The van der Waals surface area contributed by atoms with Crippen LogP contribution in [0.5, 0.6) is 0 Å². The number of aliphatic hydroxyl groups excluding tert-OH is 1. The van der Waals surface area contributed by atoms with Crippen LogP contribution < -0.4 is 5.32 Å². The summed E-state index contributed by atoms with van der Waals surface area (Å²) in [7, 11) is 0. The molecule has 2 fully saturated rings. The van der Waals surface area contributed by atoms with Gasteiger partial charge in [0, 0.05) is 12.1 Å². The van der Waals surface area contributed by atoms with Gasteiger partial charge in [-0.1, -0.05) is 19.8 Å². The Bertz CT molecular complexity index is 323. The van der Waals surface area contributed by atoms with E-state index in [1.165, 1.54) is 6.42 Å². The van der Waals surface area contributed by atoms with Gasteiger partial charge in [0.05, 0.1) is 12.7 Å². The standard InChI is InChI=1S/C14H25NO4/c1-10-3-2-6-14(7-10,9-16)15-8-11-4-5-12(19-11)13(17)18/h10-12,15-16H,2-9H2,1H3,(H,17,18). The predicted molar refractivity (Wildman–Crippen MR) is 71.0 cm³/mol. The zero-order valence-corrected chi connectivity index (χ0v) is 11.6. The fourth-order valence-electron chi connectivity index (χ4n) is 3.39. The van der Waals surface area contributed by atoms with Crippen molar-refractivity contribution >= 4 is 5.97 Å². The van der Waals surface area contributed by atoms with E-state index in [0.717, 1.165) is 25.7 Å². The first kappa shape index (κ1) is 14.8. The molecule has 0 spiro atoms. The summed E-state index contributed by atoms with van der Waals surface area (Å²) >= 11 is 0. The highest BCUT2D eigenvalue weighted by molar-refractivity contribution is 5.72. The van der Waals surface area contributed by atoms with Crippen molar-refractivity contribution in [2.75, 3.05) is 13.2 Å². The van der Waals surface area contributed by atoms with Crippen LogP contribution in [0.15, 0.2) is 0 Å². The molecule has 3 N–H and O–H groups in total. The van der Waals surface area contributed by atoms with E-state index in [4.69, 9.17) is 9.84 Å². The fourth-order valence-corrected chi connectivity index (χ4v) is 3.39. The molecular weight excluding hydrogens is 246 g/mol. The minimum Gasteiger partial charge on any atom is -0.479 e. The third-order valence-corrected chi connectivity index (χ3v) is 4.48. The van der Waals surface area contributed by atoms with Crippen molar-refractivity contribution in [2.45, 2.75) is 63.2 Å². The van der Waals surface area contributed by atoms with Gasteiger partial charge in [0.25, 0.3) is 0 Å². The molecule has 4 unspecified atom stereocenters. The van der Waals surface area contributed by atoms with E-state index in [2.05, 4.69) is 12.2 Å². The molecule has 1 saturated heterocycles. The Balaban J connectivity index is 1.82. The van der Waals surface area contributed by atoms with Crippen LogP contribution in [0.1, 0.15) is 45.4 Å². The summed E-state index contributed by atoms with van der Waals surface area (Å²) in [5, 5.41) is 22.0. The number of carboxylic acid groups (broad SMARTS) is 1. The molecule has 2 rings (SSSR count). The Labute approximate surface area is 114 Å². The summed E-state index contributed by atoms with van der Waals surface area (Å²) in [6.07, 6.45) is 5.01. The summed E-state index contributed by atoms with van der Waals surface area (Å²) in [4.78, 5) is 10.8. The molecular formula is C14H25NO4. The van der Waals surface area contributed by atoms with Crippen molar-refractivity contribution in [3.05, 3.63) is 0 Å². The lowest BCUT2D eigenvalue weighted by Crippen LogP contribution is -2.53. The van der Waals surface area contributed by atoms with Gasteiger partial charge in [-0.15, -0.1) is 0 Å². The van der Waals surface area contributed by atoms with Crippen molar-refractivity contribution in [1.82, 2.24) is 5.32 Å². The van der Waals surface area contributed by atoms with E-state index in [-0.39, 0.29) is 18.2 Å². The Morgan fingerprint density at radius 1 is 1.42 bits per heavy atom. The number of rotatable bonds is 5. The number of nitrogens with one attached hydrogen (secondary N) is 1. The quantitative estimate of drug-likeness (QED) is 0.699. The van der Waals surface area contributed by atoms with E-state index in [1.54, 1.807) is 0 Å². The Hall–Kier alpha value is -0.650.